The van der Waals surface area contributed by atoms with Gasteiger partial charge in [0.25, 0.3) is 5.91 Å². The molecule has 3 aromatic rings. The number of aryl methyl sites for hydroxylation is 1. The van der Waals surface area contributed by atoms with Crippen LogP contribution in [0.5, 0.6) is 11.5 Å². The summed E-state index contributed by atoms with van der Waals surface area (Å²) in [6.07, 6.45) is 3.19. The molecule has 0 radical (unpaired) electrons. The van der Waals surface area contributed by atoms with Gasteiger partial charge in [-0.05, 0) is 61.4 Å². The third-order valence-corrected chi connectivity index (χ3v) is 5.53. The number of carbonyl (C=O) groups is 2. The molecule has 1 aromatic heterocycles. The number of halogens is 1. The standard InChI is InChI=1S/C24H22ClNO4S/c1-3-29-21-14-17(8-10-19(27)22-12-13-23(25)31-22)9-11-20(21)30-15-24(28)26-18-7-5-4-6-16(18)2/h4-14H,3,15H2,1-2H3,(H,26,28)/b10-8+. The lowest BCUT2D eigenvalue weighted by molar-refractivity contribution is -0.118. The smallest absolute Gasteiger partial charge is 0.262 e. The number of anilines is 1. The normalized spacial score (nSPS) is 10.8. The summed E-state index contributed by atoms with van der Waals surface area (Å²) in [6, 6.07) is 16.2. The van der Waals surface area contributed by atoms with E-state index in [9.17, 15) is 9.59 Å². The number of ether oxygens (including phenoxy) is 2. The second kappa shape index (κ2) is 10.8. The lowest BCUT2D eigenvalue weighted by atomic mass is 10.1. The maximum atomic E-state index is 12.3. The zero-order valence-corrected chi connectivity index (χ0v) is 18.8. The highest BCUT2D eigenvalue weighted by Gasteiger charge is 2.10. The summed E-state index contributed by atoms with van der Waals surface area (Å²) in [6.45, 7) is 4.07. The molecule has 0 aliphatic rings. The van der Waals surface area contributed by atoms with Crippen LogP contribution in [0.25, 0.3) is 6.08 Å². The Kier molecular flexibility index (Phi) is 7.87. The maximum absolute atomic E-state index is 12.3. The van der Waals surface area contributed by atoms with Crippen molar-refractivity contribution < 1.29 is 19.1 Å². The van der Waals surface area contributed by atoms with Crippen LogP contribution < -0.4 is 14.8 Å². The average molecular weight is 456 g/mol. The van der Waals surface area contributed by atoms with Crippen LogP contribution in [0.2, 0.25) is 4.34 Å². The third kappa shape index (κ3) is 6.44. The van der Waals surface area contributed by atoms with Gasteiger partial charge in [-0.2, -0.15) is 0 Å². The van der Waals surface area contributed by atoms with E-state index in [1.165, 1.54) is 17.4 Å². The van der Waals surface area contributed by atoms with Gasteiger partial charge < -0.3 is 14.8 Å². The molecule has 2 aromatic carbocycles. The first-order valence-electron chi connectivity index (χ1n) is 9.69. The number of para-hydroxylation sites is 1. The van der Waals surface area contributed by atoms with Crippen molar-refractivity contribution in [3.63, 3.8) is 0 Å². The summed E-state index contributed by atoms with van der Waals surface area (Å²) in [4.78, 5) is 25.1. The van der Waals surface area contributed by atoms with Gasteiger partial charge in [-0.1, -0.05) is 41.9 Å². The van der Waals surface area contributed by atoms with Crippen molar-refractivity contribution in [2.75, 3.05) is 18.5 Å². The second-order valence-electron chi connectivity index (χ2n) is 6.59. The number of amides is 1. The minimum atomic E-state index is -0.263. The van der Waals surface area contributed by atoms with Crippen molar-refractivity contribution in [2.45, 2.75) is 13.8 Å². The highest BCUT2D eigenvalue weighted by atomic mass is 35.5. The predicted molar refractivity (Wildman–Crippen MR) is 126 cm³/mol. The zero-order valence-electron chi connectivity index (χ0n) is 17.2. The Bertz CT molecular complexity index is 1110. The molecule has 31 heavy (non-hydrogen) atoms. The van der Waals surface area contributed by atoms with Crippen LogP contribution in [-0.2, 0) is 4.79 Å². The minimum absolute atomic E-state index is 0.122. The summed E-state index contributed by atoms with van der Waals surface area (Å²) in [5.41, 5.74) is 2.50. The molecule has 1 heterocycles. The van der Waals surface area contributed by atoms with Crippen molar-refractivity contribution in [1.82, 2.24) is 0 Å². The van der Waals surface area contributed by atoms with Gasteiger partial charge in [0.15, 0.2) is 23.9 Å². The number of hydrogen-bond acceptors (Lipinski definition) is 5. The molecular weight excluding hydrogens is 434 g/mol. The van der Waals surface area contributed by atoms with E-state index in [0.29, 0.717) is 27.3 Å². The number of nitrogens with one attached hydrogen (secondary N) is 1. The average Bonchev–Trinajstić information content (AvgIpc) is 3.19. The number of carbonyl (C=O) groups excluding carboxylic acids is 2. The lowest BCUT2D eigenvalue weighted by Crippen LogP contribution is -2.20. The first-order valence-corrected chi connectivity index (χ1v) is 10.9. The van der Waals surface area contributed by atoms with E-state index in [1.54, 1.807) is 36.4 Å². The van der Waals surface area contributed by atoms with Crippen LogP contribution in [-0.4, -0.2) is 24.9 Å². The van der Waals surface area contributed by atoms with E-state index in [4.69, 9.17) is 21.1 Å². The molecule has 160 valence electrons. The Morgan fingerprint density at radius 2 is 1.87 bits per heavy atom. The summed E-state index contributed by atoms with van der Waals surface area (Å²) in [5, 5.41) is 2.83. The number of ketones is 1. The summed E-state index contributed by atoms with van der Waals surface area (Å²) in [7, 11) is 0. The van der Waals surface area contributed by atoms with Crippen molar-refractivity contribution >= 4 is 46.4 Å². The molecule has 0 aliphatic heterocycles. The largest absolute Gasteiger partial charge is 0.490 e. The number of rotatable bonds is 9. The van der Waals surface area contributed by atoms with Crippen molar-refractivity contribution in [3.8, 4) is 11.5 Å². The van der Waals surface area contributed by atoms with Gasteiger partial charge in [0.05, 0.1) is 15.8 Å². The summed E-state index contributed by atoms with van der Waals surface area (Å²) < 4.78 is 11.9. The van der Waals surface area contributed by atoms with Crippen LogP contribution in [0.15, 0.2) is 60.7 Å². The van der Waals surface area contributed by atoms with E-state index in [2.05, 4.69) is 5.32 Å². The molecule has 0 fully saturated rings. The first-order chi connectivity index (χ1) is 15.0. The van der Waals surface area contributed by atoms with Crippen LogP contribution in [0.3, 0.4) is 0 Å². The molecule has 0 aliphatic carbocycles. The summed E-state index contributed by atoms with van der Waals surface area (Å²) in [5.74, 6) is 0.569. The van der Waals surface area contributed by atoms with Crippen LogP contribution in [0, 0.1) is 6.92 Å². The molecule has 0 saturated heterocycles. The fraction of sp³-hybridized carbons (Fsp3) is 0.167. The molecule has 7 heteroatoms. The minimum Gasteiger partial charge on any atom is -0.490 e. The van der Waals surface area contributed by atoms with Gasteiger partial charge in [0.2, 0.25) is 0 Å². The van der Waals surface area contributed by atoms with Gasteiger partial charge in [0.1, 0.15) is 0 Å². The topological polar surface area (TPSA) is 64.6 Å². The number of benzene rings is 2. The molecule has 5 nitrogen and oxygen atoms in total. The lowest BCUT2D eigenvalue weighted by Gasteiger charge is -2.13. The molecule has 3 rings (SSSR count). The molecule has 0 atom stereocenters. The van der Waals surface area contributed by atoms with Crippen LogP contribution in [0.4, 0.5) is 5.69 Å². The highest BCUT2D eigenvalue weighted by Crippen LogP contribution is 2.29. The second-order valence-corrected chi connectivity index (χ2v) is 8.31. The number of hydrogen-bond donors (Lipinski definition) is 1. The molecule has 1 amide bonds. The molecule has 0 unspecified atom stereocenters. The van der Waals surface area contributed by atoms with Gasteiger partial charge >= 0.3 is 0 Å². The summed E-state index contributed by atoms with van der Waals surface area (Å²) >= 11 is 7.12. The molecule has 0 saturated carbocycles. The van der Waals surface area contributed by atoms with Crippen LogP contribution in [0.1, 0.15) is 27.7 Å². The molecule has 1 N–H and O–H groups in total. The van der Waals surface area contributed by atoms with Gasteiger partial charge in [0, 0.05) is 5.69 Å². The molecular formula is C24H22ClNO4S. The monoisotopic (exact) mass is 455 g/mol. The Hall–Kier alpha value is -3.09. The van der Waals surface area contributed by atoms with Gasteiger partial charge in [-0.3, -0.25) is 9.59 Å². The van der Waals surface area contributed by atoms with Crippen molar-refractivity contribution in [3.05, 3.63) is 81.0 Å². The fourth-order valence-corrected chi connectivity index (χ4v) is 3.72. The van der Waals surface area contributed by atoms with Gasteiger partial charge in [-0.25, -0.2) is 0 Å². The highest BCUT2D eigenvalue weighted by molar-refractivity contribution is 7.18. The van der Waals surface area contributed by atoms with E-state index < -0.39 is 0 Å². The van der Waals surface area contributed by atoms with Crippen molar-refractivity contribution in [1.29, 1.82) is 0 Å². The Morgan fingerprint density at radius 1 is 1.06 bits per heavy atom. The van der Waals surface area contributed by atoms with E-state index in [-0.39, 0.29) is 18.3 Å². The molecule has 0 spiro atoms. The van der Waals surface area contributed by atoms with Crippen molar-refractivity contribution in [2.24, 2.45) is 0 Å². The van der Waals surface area contributed by atoms with E-state index in [0.717, 1.165) is 16.8 Å². The van der Waals surface area contributed by atoms with E-state index in [1.807, 2.05) is 38.1 Å². The Labute approximate surface area is 190 Å². The maximum Gasteiger partial charge on any atom is 0.262 e. The SMILES string of the molecule is CCOc1cc(/C=C/C(=O)c2ccc(Cl)s2)ccc1OCC(=O)Nc1ccccc1C. The first kappa shape index (κ1) is 22.6. The third-order valence-electron chi connectivity index (χ3n) is 4.29. The fourth-order valence-electron chi connectivity index (χ4n) is 2.76. The van der Waals surface area contributed by atoms with Crippen LogP contribution >= 0.6 is 22.9 Å². The number of allylic oxidation sites excluding steroid dienone is 1. The molecule has 0 bridgehead atoms. The number of thiophene rings is 1. The Balaban J connectivity index is 1.65. The predicted octanol–water partition coefficient (Wildman–Crippen LogP) is 6.02. The van der Waals surface area contributed by atoms with Gasteiger partial charge in [-0.15, -0.1) is 11.3 Å². The quantitative estimate of drug-likeness (QED) is 0.316. The zero-order chi connectivity index (χ0) is 22.2. The van der Waals surface area contributed by atoms with E-state index >= 15 is 0 Å². The Morgan fingerprint density at radius 3 is 2.58 bits per heavy atom.